The Morgan fingerprint density at radius 3 is 1.75 bits per heavy atom. The van der Waals surface area contributed by atoms with Crippen molar-refractivity contribution in [2.45, 2.75) is 13.3 Å². The van der Waals surface area contributed by atoms with Crippen LogP contribution in [0.3, 0.4) is 0 Å². The third-order valence-electron chi connectivity index (χ3n) is 2.10. The number of tetrazole rings is 2. The third-order valence-corrected chi connectivity index (χ3v) is 2.10. The van der Waals surface area contributed by atoms with E-state index < -0.39 is 21.7 Å². The molecule has 2 aromatic rings. The van der Waals surface area contributed by atoms with Crippen LogP contribution in [0.2, 0.25) is 0 Å². The minimum Gasteiger partial charge on any atom is -0.390 e. The van der Waals surface area contributed by atoms with E-state index in [1.54, 1.807) is 0 Å². The van der Waals surface area contributed by atoms with Gasteiger partial charge >= 0.3 is 11.9 Å². The van der Waals surface area contributed by atoms with Gasteiger partial charge in [0.2, 0.25) is 0 Å². The molecule has 2 rings (SSSR count). The van der Waals surface area contributed by atoms with Gasteiger partial charge in [0.1, 0.15) is 0 Å². The van der Waals surface area contributed by atoms with Crippen molar-refractivity contribution in [3.63, 3.8) is 0 Å². The summed E-state index contributed by atoms with van der Waals surface area (Å²) in [6.07, 6.45) is 0. The first-order valence-corrected chi connectivity index (χ1v) is 4.98. The molecule has 20 heavy (non-hydrogen) atoms. The standard InChI is InChI=1S/C5H7N11O4/c1-12(2-13-4(15(17)18)6-8-10-13)3-14-5(16(19)20)7-9-11-14/h2-3H2,1H3. The van der Waals surface area contributed by atoms with Crippen LogP contribution in [0.5, 0.6) is 0 Å². The van der Waals surface area contributed by atoms with Crippen molar-refractivity contribution in [2.75, 3.05) is 7.05 Å². The first-order chi connectivity index (χ1) is 9.49. The second kappa shape index (κ2) is 5.26. The molecule has 0 N–H and O–H groups in total. The van der Waals surface area contributed by atoms with Crippen LogP contribution in [0.4, 0.5) is 11.9 Å². The van der Waals surface area contributed by atoms with Crippen molar-refractivity contribution in [1.29, 1.82) is 0 Å². The number of hydrogen-bond donors (Lipinski definition) is 0. The number of nitro groups is 2. The number of rotatable bonds is 6. The van der Waals surface area contributed by atoms with Gasteiger partial charge in [0.05, 0.1) is 20.6 Å². The Labute approximate surface area is 109 Å². The molecule has 0 aromatic carbocycles. The molecule has 106 valence electrons. The number of hydrogen-bond acceptors (Lipinski definition) is 11. The summed E-state index contributed by atoms with van der Waals surface area (Å²) in [6.45, 7) is -0.138. The van der Waals surface area contributed by atoms with Crippen molar-refractivity contribution in [3.05, 3.63) is 20.2 Å². The maximum absolute atomic E-state index is 10.6. The SMILES string of the molecule is CN(Cn1nnnc1[N+](=O)[O-])Cn1nnnc1[N+](=O)[O-]. The van der Waals surface area contributed by atoms with E-state index in [9.17, 15) is 20.2 Å². The monoisotopic (exact) mass is 285 g/mol. The molecule has 15 nitrogen and oxygen atoms in total. The molecule has 0 saturated carbocycles. The Balaban J connectivity index is 2.07. The number of nitrogens with zero attached hydrogens (tertiary/aromatic N) is 11. The minimum atomic E-state index is -0.743. The van der Waals surface area contributed by atoms with Gasteiger partial charge in [0, 0.05) is 10.4 Å². The lowest BCUT2D eigenvalue weighted by atomic mass is 10.7. The minimum absolute atomic E-state index is 0.0691. The molecular weight excluding hydrogens is 278 g/mol. The highest BCUT2D eigenvalue weighted by atomic mass is 16.6. The summed E-state index contributed by atoms with van der Waals surface area (Å²) in [5.41, 5.74) is 0. The van der Waals surface area contributed by atoms with Crippen molar-refractivity contribution in [2.24, 2.45) is 0 Å². The Bertz CT molecular complexity index is 578. The second-order valence-electron chi connectivity index (χ2n) is 3.61. The topological polar surface area (TPSA) is 177 Å². The molecule has 0 unspecified atom stereocenters. The normalized spacial score (nSPS) is 10.9. The summed E-state index contributed by atoms with van der Waals surface area (Å²) in [7, 11) is 1.54. The molecule has 0 saturated heterocycles. The lowest BCUT2D eigenvalue weighted by Crippen LogP contribution is -2.27. The molecule has 0 amide bonds. The van der Waals surface area contributed by atoms with Crippen LogP contribution < -0.4 is 0 Å². The van der Waals surface area contributed by atoms with E-state index in [-0.39, 0.29) is 13.3 Å². The van der Waals surface area contributed by atoms with Crippen molar-refractivity contribution in [1.82, 2.24) is 45.3 Å². The van der Waals surface area contributed by atoms with E-state index in [0.717, 1.165) is 9.36 Å². The lowest BCUT2D eigenvalue weighted by Gasteiger charge is -2.11. The van der Waals surface area contributed by atoms with Gasteiger partial charge in [-0.1, -0.05) is 9.36 Å². The van der Waals surface area contributed by atoms with Crippen LogP contribution in [0.15, 0.2) is 0 Å². The van der Waals surface area contributed by atoms with Crippen LogP contribution in [0, 0.1) is 20.2 Å². The van der Waals surface area contributed by atoms with E-state index in [4.69, 9.17) is 0 Å². The molecule has 0 aliphatic rings. The van der Waals surface area contributed by atoms with Crippen molar-refractivity contribution >= 4 is 11.9 Å². The van der Waals surface area contributed by atoms with Gasteiger partial charge in [0.15, 0.2) is 13.3 Å². The fourth-order valence-electron chi connectivity index (χ4n) is 1.35. The summed E-state index contributed by atoms with van der Waals surface area (Å²) < 4.78 is 1.85. The molecule has 0 bridgehead atoms. The van der Waals surface area contributed by atoms with Crippen LogP contribution >= 0.6 is 0 Å². The number of aromatic nitrogens is 8. The molecular formula is C5H7N11O4. The van der Waals surface area contributed by atoms with Gasteiger partial charge in [-0.3, -0.25) is 0 Å². The van der Waals surface area contributed by atoms with E-state index in [2.05, 4.69) is 31.1 Å². The van der Waals surface area contributed by atoms with E-state index in [1.807, 2.05) is 0 Å². The fraction of sp³-hybridized carbons (Fsp3) is 0.600. The summed E-state index contributed by atoms with van der Waals surface area (Å²) >= 11 is 0. The van der Waals surface area contributed by atoms with Gasteiger partial charge in [-0.2, -0.15) is 0 Å². The Hall–Kier alpha value is -3.10. The van der Waals surface area contributed by atoms with Crippen LogP contribution in [0.1, 0.15) is 0 Å². The van der Waals surface area contributed by atoms with E-state index in [0.29, 0.717) is 0 Å². The van der Waals surface area contributed by atoms with Gasteiger partial charge in [-0.15, -0.1) is 0 Å². The molecule has 0 radical (unpaired) electrons. The zero-order chi connectivity index (χ0) is 14.7. The zero-order valence-corrected chi connectivity index (χ0v) is 9.97. The van der Waals surface area contributed by atoms with Crippen LogP contribution in [-0.4, -0.2) is 62.2 Å². The van der Waals surface area contributed by atoms with Gasteiger partial charge < -0.3 is 20.2 Å². The first-order valence-electron chi connectivity index (χ1n) is 4.98. The average molecular weight is 285 g/mol. The molecule has 2 heterocycles. The van der Waals surface area contributed by atoms with Gasteiger partial charge in [0.25, 0.3) is 0 Å². The van der Waals surface area contributed by atoms with E-state index in [1.165, 1.54) is 11.9 Å². The second-order valence-corrected chi connectivity index (χ2v) is 3.61. The zero-order valence-electron chi connectivity index (χ0n) is 9.97. The molecule has 15 heteroatoms. The maximum atomic E-state index is 10.6. The highest BCUT2D eigenvalue weighted by molar-refractivity contribution is 4.98. The predicted octanol–water partition coefficient (Wildman–Crippen LogP) is -1.98. The molecule has 2 aromatic heterocycles. The smallest absolute Gasteiger partial charge is 0.390 e. The predicted molar refractivity (Wildman–Crippen MR) is 56.7 cm³/mol. The van der Waals surface area contributed by atoms with E-state index >= 15 is 0 Å². The van der Waals surface area contributed by atoms with Crippen LogP contribution in [-0.2, 0) is 13.3 Å². The summed E-state index contributed by atoms with van der Waals surface area (Å²) in [5.74, 6) is -1.08. The Kier molecular flexibility index (Phi) is 3.51. The third kappa shape index (κ3) is 2.66. The quantitative estimate of drug-likeness (QED) is 0.424. The highest BCUT2D eigenvalue weighted by Gasteiger charge is 2.23. The highest BCUT2D eigenvalue weighted by Crippen LogP contribution is 2.07. The van der Waals surface area contributed by atoms with Crippen molar-refractivity contribution in [3.8, 4) is 0 Å². The fourth-order valence-corrected chi connectivity index (χ4v) is 1.35. The first kappa shape index (κ1) is 13.3. The molecule has 0 aliphatic carbocycles. The molecule has 0 atom stereocenters. The lowest BCUT2D eigenvalue weighted by molar-refractivity contribution is -0.398. The Morgan fingerprint density at radius 1 is 1.00 bits per heavy atom. The average Bonchev–Trinajstić information content (AvgIpc) is 2.97. The van der Waals surface area contributed by atoms with Crippen molar-refractivity contribution < 1.29 is 9.85 Å². The Morgan fingerprint density at radius 2 is 1.40 bits per heavy atom. The molecule has 0 spiro atoms. The summed E-state index contributed by atoms with van der Waals surface area (Å²) in [5, 5.41) is 40.9. The van der Waals surface area contributed by atoms with Gasteiger partial charge in [-0.25, -0.2) is 4.90 Å². The summed E-state index contributed by atoms with van der Waals surface area (Å²) in [4.78, 5) is 21.2. The van der Waals surface area contributed by atoms with Crippen LogP contribution in [0.25, 0.3) is 0 Å². The molecule has 0 aliphatic heterocycles. The largest absolute Gasteiger partial charge is 0.480 e. The summed E-state index contributed by atoms with van der Waals surface area (Å²) in [6, 6.07) is 0. The molecule has 0 fully saturated rings. The maximum Gasteiger partial charge on any atom is 0.480 e. The van der Waals surface area contributed by atoms with Gasteiger partial charge in [-0.05, 0) is 16.9 Å².